The van der Waals surface area contributed by atoms with Crippen LogP contribution in [-0.2, 0) is 19.1 Å². The van der Waals surface area contributed by atoms with Crippen LogP contribution in [0.4, 0.5) is 0 Å². The van der Waals surface area contributed by atoms with Gasteiger partial charge < -0.3 is 9.47 Å². The number of hydrogen-bond acceptors (Lipinski definition) is 4. The van der Waals surface area contributed by atoms with Crippen molar-refractivity contribution in [1.82, 2.24) is 0 Å². The van der Waals surface area contributed by atoms with Crippen LogP contribution in [0, 0.1) is 5.41 Å². The zero-order valence-electron chi connectivity index (χ0n) is 9.99. The van der Waals surface area contributed by atoms with E-state index in [1.54, 1.807) is 19.1 Å². The minimum Gasteiger partial charge on any atom is -0.421 e. The summed E-state index contributed by atoms with van der Waals surface area (Å²) in [5.41, 5.74) is -0.715. The molecule has 4 heteroatoms. The molecule has 0 aromatic carbocycles. The van der Waals surface area contributed by atoms with E-state index in [4.69, 9.17) is 9.47 Å². The zero-order valence-corrected chi connectivity index (χ0v) is 9.99. The Kier molecular flexibility index (Phi) is 4.10. The van der Waals surface area contributed by atoms with E-state index in [1.807, 2.05) is 13.8 Å². The average molecular weight is 226 g/mol. The van der Waals surface area contributed by atoms with Crippen LogP contribution in [-0.4, -0.2) is 18.2 Å². The van der Waals surface area contributed by atoms with Gasteiger partial charge in [0.25, 0.3) is 6.29 Å². The highest BCUT2D eigenvalue weighted by molar-refractivity contribution is 5.85. The molecular weight excluding hydrogens is 208 g/mol. The first-order chi connectivity index (χ1) is 7.57. The quantitative estimate of drug-likeness (QED) is 0.546. The number of cyclic esters (lactones) is 2. The molecule has 0 saturated carbocycles. The molecule has 0 aromatic rings. The zero-order chi connectivity index (χ0) is 12.2. The molecule has 1 unspecified atom stereocenters. The van der Waals surface area contributed by atoms with Crippen molar-refractivity contribution in [1.29, 1.82) is 0 Å². The van der Waals surface area contributed by atoms with E-state index >= 15 is 0 Å². The molecule has 1 rings (SSSR count). The van der Waals surface area contributed by atoms with Crippen LogP contribution in [0.15, 0.2) is 12.2 Å². The summed E-state index contributed by atoms with van der Waals surface area (Å²) in [5, 5.41) is 0. The molecule has 1 atom stereocenters. The van der Waals surface area contributed by atoms with Crippen molar-refractivity contribution in [3.8, 4) is 0 Å². The van der Waals surface area contributed by atoms with E-state index in [9.17, 15) is 9.59 Å². The monoisotopic (exact) mass is 226 g/mol. The molecule has 90 valence electrons. The topological polar surface area (TPSA) is 52.6 Å². The number of carbonyl (C=O) groups is 2. The molecule has 0 N–H and O–H groups in total. The Bertz CT molecular complexity index is 302. The predicted octanol–water partition coefficient (Wildman–Crippen LogP) is 2.19. The summed E-state index contributed by atoms with van der Waals surface area (Å²) in [4.78, 5) is 23.5. The summed E-state index contributed by atoms with van der Waals surface area (Å²) >= 11 is 0. The van der Waals surface area contributed by atoms with Crippen molar-refractivity contribution in [3.05, 3.63) is 12.2 Å². The van der Waals surface area contributed by atoms with E-state index in [2.05, 4.69) is 0 Å². The molecule has 0 amide bonds. The second-order valence-electron chi connectivity index (χ2n) is 3.95. The first-order valence-electron chi connectivity index (χ1n) is 5.61. The van der Waals surface area contributed by atoms with E-state index in [0.717, 1.165) is 0 Å². The molecular formula is C12H18O4. The number of esters is 2. The minimum absolute atomic E-state index is 0.104. The molecule has 16 heavy (non-hydrogen) atoms. The fraction of sp³-hybridized carbons (Fsp3) is 0.667. The first-order valence-corrected chi connectivity index (χ1v) is 5.61. The van der Waals surface area contributed by atoms with Gasteiger partial charge in [-0.05, 0) is 25.8 Å². The van der Waals surface area contributed by atoms with Crippen LogP contribution in [0.25, 0.3) is 0 Å². The molecule has 1 saturated heterocycles. The lowest BCUT2D eigenvalue weighted by Gasteiger charge is -2.24. The van der Waals surface area contributed by atoms with Crippen LogP contribution >= 0.6 is 0 Å². The average Bonchev–Trinajstić information content (AvgIpc) is 2.36. The lowest BCUT2D eigenvalue weighted by atomic mass is 9.79. The van der Waals surface area contributed by atoms with Crippen LogP contribution in [0.5, 0.6) is 0 Å². The summed E-state index contributed by atoms with van der Waals surface area (Å²) in [6, 6.07) is 0. The molecule has 0 spiro atoms. The van der Waals surface area contributed by atoms with Gasteiger partial charge in [-0.25, -0.2) is 0 Å². The van der Waals surface area contributed by atoms with Crippen LogP contribution in [0.3, 0.4) is 0 Å². The van der Waals surface area contributed by atoms with E-state index in [-0.39, 0.29) is 18.4 Å². The Balaban J connectivity index is 2.94. The van der Waals surface area contributed by atoms with Gasteiger partial charge in [0.1, 0.15) is 0 Å². The van der Waals surface area contributed by atoms with E-state index < -0.39 is 11.7 Å². The molecule has 1 heterocycles. The normalized spacial score (nSPS) is 25.1. The van der Waals surface area contributed by atoms with Crippen molar-refractivity contribution in [2.75, 3.05) is 0 Å². The maximum Gasteiger partial charge on any atom is 0.315 e. The van der Waals surface area contributed by atoms with Crippen LogP contribution < -0.4 is 0 Å². The van der Waals surface area contributed by atoms with Crippen molar-refractivity contribution < 1.29 is 19.1 Å². The Morgan fingerprint density at radius 3 is 2.44 bits per heavy atom. The standard InChI is InChI=1S/C12H18O4/c1-4-7-10-15-9(13)8-12(5-2,6-3)11(14)16-10/h4,7,10H,5-6,8H2,1-3H3. The molecule has 0 aliphatic carbocycles. The van der Waals surface area contributed by atoms with Gasteiger partial charge in [0.15, 0.2) is 0 Å². The highest BCUT2D eigenvalue weighted by atomic mass is 16.7. The summed E-state index contributed by atoms with van der Waals surface area (Å²) in [6.45, 7) is 5.54. The molecule has 0 radical (unpaired) electrons. The highest BCUT2D eigenvalue weighted by Gasteiger charge is 2.43. The fourth-order valence-corrected chi connectivity index (χ4v) is 1.80. The summed E-state index contributed by atoms with van der Waals surface area (Å²) in [6.07, 6.45) is 3.64. The maximum atomic E-state index is 11.9. The predicted molar refractivity (Wildman–Crippen MR) is 58.4 cm³/mol. The first kappa shape index (κ1) is 12.7. The van der Waals surface area contributed by atoms with E-state index in [1.165, 1.54) is 0 Å². The van der Waals surface area contributed by atoms with Gasteiger partial charge in [-0.15, -0.1) is 0 Å². The second kappa shape index (κ2) is 5.14. The number of rotatable bonds is 3. The number of hydrogen-bond donors (Lipinski definition) is 0. The Labute approximate surface area is 95.6 Å². The number of ether oxygens (including phenoxy) is 2. The minimum atomic E-state index is -0.870. The van der Waals surface area contributed by atoms with E-state index in [0.29, 0.717) is 12.8 Å². The highest BCUT2D eigenvalue weighted by Crippen LogP contribution is 2.35. The molecule has 0 aromatic heterocycles. The van der Waals surface area contributed by atoms with Gasteiger partial charge >= 0.3 is 11.9 Å². The number of allylic oxidation sites excluding steroid dienone is 1. The third kappa shape index (κ3) is 2.43. The summed E-state index contributed by atoms with van der Waals surface area (Å²) in [7, 11) is 0. The third-order valence-electron chi connectivity index (χ3n) is 3.09. The maximum absolute atomic E-state index is 11.9. The van der Waals surface area contributed by atoms with Gasteiger partial charge in [-0.1, -0.05) is 19.9 Å². The third-order valence-corrected chi connectivity index (χ3v) is 3.09. The summed E-state index contributed by atoms with van der Waals surface area (Å²) < 4.78 is 10.2. The largest absolute Gasteiger partial charge is 0.421 e. The Morgan fingerprint density at radius 1 is 1.31 bits per heavy atom. The lowest BCUT2D eigenvalue weighted by Crippen LogP contribution is -2.32. The molecule has 1 aliphatic rings. The molecule has 1 fully saturated rings. The summed E-state index contributed by atoms with van der Waals surface area (Å²) in [5.74, 6) is -0.718. The van der Waals surface area contributed by atoms with Gasteiger partial charge in [0.2, 0.25) is 0 Å². The molecule has 4 nitrogen and oxygen atoms in total. The fourth-order valence-electron chi connectivity index (χ4n) is 1.80. The number of carbonyl (C=O) groups excluding carboxylic acids is 2. The van der Waals surface area contributed by atoms with Crippen molar-refractivity contribution >= 4 is 11.9 Å². The lowest BCUT2D eigenvalue weighted by molar-refractivity contribution is -0.175. The molecule has 1 aliphatic heterocycles. The SMILES string of the molecule is CC=CC1OC(=O)CC(CC)(CC)C(=O)O1. The molecule has 0 bridgehead atoms. The second-order valence-corrected chi connectivity index (χ2v) is 3.95. The van der Waals surface area contributed by atoms with Crippen molar-refractivity contribution in [2.24, 2.45) is 5.41 Å². The van der Waals surface area contributed by atoms with Crippen LogP contribution in [0.1, 0.15) is 40.0 Å². The van der Waals surface area contributed by atoms with Crippen molar-refractivity contribution in [2.45, 2.75) is 46.3 Å². The van der Waals surface area contributed by atoms with Gasteiger partial charge in [-0.2, -0.15) is 0 Å². The van der Waals surface area contributed by atoms with Crippen LogP contribution in [0.2, 0.25) is 0 Å². The van der Waals surface area contributed by atoms with Gasteiger partial charge in [-0.3, -0.25) is 9.59 Å². The van der Waals surface area contributed by atoms with Crippen molar-refractivity contribution in [3.63, 3.8) is 0 Å². The van der Waals surface area contributed by atoms with Gasteiger partial charge in [0.05, 0.1) is 11.8 Å². The smallest absolute Gasteiger partial charge is 0.315 e. The van der Waals surface area contributed by atoms with Gasteiger partial charge in [0, 0.05) is 0 Å². The Hall–Kier alpha value is -1.32. The Morgan fingerprint density at radius 2 is 1.94 bits per heavy atom.